The van der Waals surface area contributed by atoms with Gasteiger partial charge in [0.1, 0.15) is 5.82 Å². The molecule has 1 aliphatic rings. The predicted molar refractivity (Wildman–Crippen MR) is 65.2 cm³/mol. The van der Waals surface area contributed by atoms with Crippen molar-refractivity contribution in [3.63, 3.8) is 0 Å². The summed E-state index contributed by atoms with van der Waals surface area (Å²) in [6.07, 6.45) is 3.22. The van der Waals surface area contributed by atoms with Gasteiger partial charge in [0.15, 0.2) is 0 Å². The molecule has 1 aliphatic heterocycles. The van der Waals surface area contributed by atoms with E-state index in [1.165, 1.54) is 18.4 Å². The van der Waals surface area contributed by atoms with E-state index < -0.39 is 0 Å². The lowest BCUT2D eigenvalue weighted by molar-refractivity contribution is 0.559. The van der Waals surface area contributed by atoms with Crippen molar-refractivity contribution >= 4 is 0 Å². The molecule has 0 spiro atoms. The van der Waals surface area contributed by atoms with Crippen molar-refractivity contribution in [1.82, 2.24) is 5.32 Å². The molecule has 1 aromatic carbocycles. The molecule has 2 rings (SSSR count). The van der Waals surface area contributed by atoms with Crippen molar-refractivity contribution in [1.29, 1.82) is 0 Å². The summed E-state index contributed by atoms with van der Waals surface area (Å²) in [5.74, 6) is 0.411. The summed E-state index contributed by atoms with van der Waals surface area (Å²) in [7, 11) is 0. The number of hydrogen-bond donors (Lipinski definition) is 1. The van der Waals surface area contributed by atoms with Gasteiger partial charge in [-0.05, 0) is 48.9 Å². The van der Waals surface area contributed by atoms with Gasteiger partial charge in [-0.3, -0.25) is 0 Å². The molecule has 0 bridgehead atoms. The lowest BCUT2D eigenvalue weighted by atomic mass is 9.97. The van der Waals surface area contributed by atoms with Crippen LogP contribution >= 0.6 is 0 Å². The van der Waals surface area contributed by atoms with Crippen molar-refractivity contribution < 1.29 is 4.39 Å². The molecular weight excluding hydrogens is 201 g/mol. The first kappa shape index (κ1) is 11.6. The Morgan fingerprint density at radius 1 is 1.44 bits per heavy atom. The summed E-state index contributed by atoms with van der Waals surface area (Å²) >= 11 is 0. The van der Waals surface area contributed by atoms with Gasteiger partial charge in [0, 0.05) is 6.04 Å². The zero-order valence-corrected chi connectivity index (χ0v) is 10.1. The van der Waals surface area contributed by atoms with Gasteiger partial charge >= 0.3 is 0 Å². The minimum Gasteiger partial charge on any atom is -0.314 e. The second-order valence-electron chi connectivity index (χ2n) is 5.00. The maximum Gasteiger partial charge on any atom is 0.126 e. The molecule has 0 amide bonds. The molecule has 1 nitrogen and oxygen atoms in total. The Morgan fingerprint density at radius 3 is 2.88 bits per heavy atom. The normalized spacial score (nSPS) is 20.6. The predicted octanol–water partition coefficient (Wildman–Crippen LogP) is 3.24. The first-order chi connectivity index (χ1) is 7.66. The van der Waals surface area contributed by atoms with Crippen LogP contribution in [0.2, 0.25) is 0 Å². The third kappa shape index (κ3) is 2.62. The van der Waals surface area contributed by atoms with Gasteiger partial charge in [-0.25, -0.2) is 4.39 Å². The van der Waals surface area contributed by atoms with Crippen LogP contribution < -0.4 is 5.32 Å². The van der Waals surface area contributed by atoms with E-state index in [4.69, 9.17) is 0 Å². The van der Waals surface area contributed by atoms with Crippen LogP contribution in [-0.4, -0.2) is 12.6 Å². The van der Waals surface area contributed by atoms with Crippen LogP contribution in [0.4, 0.5) is 4.39 Å². The average Bonchev–Trinajstić information content (AvgIpc) is 2.73. The van der Waals surface area contributed by atoms with Gasteiger partial charge in [-0.15, -0.1) is 0 Å². The first-order valence-electron chi connectivity index (χ1n) is 6.18. The maximum atomic E-state index is 13.7. The van der Waals surface area contributed by atoms with E-state index in [1.807, 2.05) is 12.1 Å². The molecule has 1 heterocycles. The zero-order chi connectivity index (χ0) is 11.5. The van der Waals surface area contributed by atoms with Crippen molar-refractivity contribution in [2.24, 2.45) is 0 Å². The van der Waals surface area contributed by atoms with E-state index in [-0.39, 0.29) is 5.82 Å². The standard InChI is InChI=1S/C14H20FN/c1-10(2)11-5-6-14(15)12(8-11)9-13-4-3-7-16-13/h5-6,8,10,13,16H,3-4,7,9H2,1-2H3. The Morgan fingerprint density at radius 2 is 2.25 bits per heavy atom. The molecule has 2 heteroatoms. The monoisotopic (exact) mass is 221 g/mol. The molecule has 1 unspecified atom stereocenters. The molecule has 1 fully saturated rings. The van der Waals surface area contributed by atoms with E-state index in [1.54, 1.807) is 6.07 Å². The molecule has 1 saturated heterocycles. The van der Waals surface area contributed by atoms with Crippen molar-refractivity contribution in [3.05, 3.63) is 35.1 Å². The largest absolute Gasteiger partial charge is 0.314 e. The molecule has 0 aromatic heterocycles. The van der Waals surface area contributed by atoms with E-state index >= 15 is 0 Å². The number of halogens is 1. The molecule has 0 aliphatic carbocycles. The fourth-order valence-corrected chi connectivity index (χ4v) is 2.31. The van der Waals surface area contributed by atoms with Crippen molar-refractivity contribution in [2.45, 2.75) is 45.1 Å². The third-order valence-electron chi connectivity index (χ3n) is 3.37. The van der Waals surface area contributed by atoms with Gasteiger partial charge in [0.25, 0.3) is 0 Å². The fourth-order valence-electron chi connectivity index (χ4n) is 2.31. The summed E-state index contributed by atoms with van der Waals surface area (Å²) in [6, 6.07) is 6.00. The number of nitrogens with one attached hydrogen (secondary N) is 1. The Kier molecular flexibility index (Phi) is 3.59. The summed E-state index contributed by atoms with van der Waals surface area (Å²) < 4.78 is 13.7. The fraction of sp³-hybridized carbons (Fsp3) is 0.571. The SMILES string of the molecule is CC(C)c1ccc(F)c(CC2CCCN2)c1. The first-order valence-corrected chi connectivity index (χ1v) is 6.18. The highest BCUT2D eigenvalue weighted by atomic mass is 19.1. The quantitative estimate of drug-likeness (QED) is 0.826. The molecular formula is C14H20FN. The lowest BCUT2D eigenvalue weighted by Gasteiger charge is -2.13. The van der Waals surface area contributed by atoms with Gasteiger partial charge in [0.2, 0.25) is 0 Å². The van der Waals surface area contributed by atoms with Crippen molar-refractivity contribution in [2.75, 3.05) is 6.54 Å². The number of rotatable bonds is 3. The summed E-state index contributed by atoms with van der Waals surface area (Å²) in [5.41, 5.74) is 2.10. The molecule has 1 aromatic rings. The van der Waals surface area contributed by atoms with Crippen LogP contribution in [0.25, 0.3) is 0 Å². The van der Waals surface area contributed by atoms with E-state index in [9.17, 15) is 4.39 Å². The second kappa shape index (κ2) is 4.96. The molecule has 0 saturated carbocycles. The Hall–Kier alpha value is -0.890. The van der Waals surface area contributed by atoms with Gasteiger partial charge in [-0.2, -0.15) is 0 Å². The van der Waals surface area contributed by atoms with Crippen LogP contribution in [0, 0.1) is 5.82 Å². The Bertz CT molecular complexity index is 354. The van der Waals surface area contributed by atoms with Crippen molar-refractivity contribution in [3.8, 4) is 0 Å². The number of benzene rings is 1. The molecule has 88 valence electrons. The summed E-state index contributed by atoms with van der Waals surface area (Å²) in [5, 5.41) is 3.41. The van der Waals surface area contributed by atoms with Crippen LogP contribution in [0.15, 0.2) is 18.2 Å². The topological polar surface area (TPSA) is 12.0 Å². The Labute approximate surface area is 97.1 Å². The third-order valence-corrected chi connectivity index (χ3v) is 3.37. The molecule has 1 N–H and O–H groups in total. The average molecular weight is 221 g/mol. The highest BCUT2D eigenvalue weighted by molar-refractivity contribution is 5.28. The highest BCUT2D eigenvalue weighted by Gasteiger charge is 2.16. The summed E-state index contributed by atoms with van der Waals surface area (Å²) in [6.45, 7) is 5.37. The second-order valence-corrected chi connectivity index (χ2v) is 5.00. The van der Waals surface area contributed by atoms with E-state index in [0.717, 1.165) is 18.5 Å². The van der Waals surface area contributed by atoms with E-state index in [2.05, 4.69) is 19.2 Å². The molecule has 16 heavy (non-hydrogen) atoms. The maximum absolute atomic E-state index is 13.7. The van der Waals surface area contributed by atoms with Crippen LogP contribution in [0.1, 0.15) is 43.7 Å². The minimum atomic E-state index is -0.0573. The van der Waals surface area contributed by atoms with Gasteiger partial charge in [-0.1, -0.05) is 26.0 Å². The Balaban J connectivity index is 2.14. The molecule has 0 radical (unpaired) electrons. The van der Waals surface area contributed by atoms with Crippen LogP contribution in [0.3, 0.4) is 0 Å². The van der Waals surface area contributed by atoms with Crippen LogP contribution in [-0.2, 0) is 6.42 Å². The summed E-state index contributed by atoms with van der Waals surface area (Å²) in [4.78, 5) is 0. The van der Waals surface area contributed by atoms with Gasteiger partial charge < -0.3 is 5.32 Å². The zero-order valence-electron chi connectivity index (χ0n) is 10.1. The van der Waals surface area contributed by atoms with Crippen LogP contribution in [0.5, 0.6) is 0 Å². The number of hydrogen-bond acceptors (Lipinski definition) is 1. The minimum absolute atomic E-state index is 0.0573. The van der Waals surface area contributed by atoms with Gasteiger partial charge in [0.05, 0.1) is 0 Å². The molecule has 1 atom stereocenters. The smallest absolute Gasteiger partial charge is 0.126 e. The highest BCUT2D eigenvalue weighted by Crippen LogP contribution is 2.21. The lowest BCUT2D eigenvalue weighted by Crippen LogP contribution is -2.24. The van der Waals surface area contributed by atoms with E-state index in [0.29, 0.717) is 12.0 Å².